The van der Waals surface area contributed by atoms with Crippen molar-refractivity contribution in [3.05, 3.63) is 94.7 Å². The summed E-state index contributed by atoms with van der Waals surface area (Å²) in [5, 5.41) is 4.27. The van der Waals surface area contributed by atoms with E-state index in [0.29, 0.717) is 0 Å². The molecule has 0 saturated heterocycles. The number of hydrogen-bond acceptors (Lipinski definition) is 2. The van der Waals surface area contributed by atoms with E-state index in [2.05, 4.69) is 12.2 Å². The van der Waals surface area contributed by atoms with Gasteiger partial charge in [0.2, 0.25) is 0 Å². The third kappa shape index (κ3) is 4.71. The van der Waals surface area contributed by atoms with Gasteiger partial charge >= 0.3 is 0 Å². The van der Waals surface area contributed by atoms with Gasteiger partial charge in [-0.25, -0.2) is 4.39 Å². The third-order valence-electron chi connectivity index (χ3n) is 4.41. The molecule has 0 fully saturated rings. The lowest BCUT2D eigenvalue weighted by Crippen LogP contribution is -2.21. The van der Waals surface area contributed by atoms with Gasteiger partial charge in [0, 0.05) is 17.0 Å². The van der Waals surface area contributed by atoms with Crippen LogP contribution in [0.4, 0.5) is 4.39 Å². The zero-order valence-corrected chi connectivity index (χ0v) is 14.8. The van der Waals surface area contributed by atoms with E-state index >= 15 is 0 Å². The number of halogens is 2. The molecule has 2 aromatic carbocycles. The van der Waals surface area contributed by atoms with Gasteiger partial charge in [0.25, 0.3) is 0 Å². The fourth-order valence-corrected chi connectivity index (χ4v) is 3.10. The summed E-state index contributed by atoms with van der Waals surface area (Å²) >= 11 is 5.94. The molecule has 1 N–H and O–H groups in total. The number of hydrogen-bond donors (Lipinski definition) is 1. The van der Waals surface area contributed by atoms with Crippen LogP contribution in [0.3, 0.4) is 0 Å². The lowest BCUT2D eigenvalue weighted by Gasteiger charge is -2.19. The first kappa shape index (κ1) is 17.7. The first-order valence-corrected chi connectivity index (χ1v) is 8.79. The fraction of sp³-hybridized carbons (Fsp3) is 0.238. The fourth-order valence-electron chi connectivity index (χ4n) is 2.97. The number of furan rings is 1. The molecule has 0 spiro atoms. The minimum Gasteiger partial charge on any atom is -0.469 e. The van der Waals surface area contributed by atoms with E-state index in [4.69, 9.17) is 16.0 Å². The second-order valence-electron chi connectivity index (χ2n) is 6.14. The first-order chi connectivity index (χ1) is 12.1. The molecule has 0 aliphatic heterocycles. The van der Waals surface area contributed by atoms with Crippen molar-refractivity contribution in [2.75, 3.05) is 6.54 Å². The molecule has 1 aromatic heterocycles. The SMILES string of the molecule is C[C@@H](NCC[C@@H](c1ccc(F)cc1)c1ccco1)c1ccc(Cl)cc1. The van der Waals surface area contributed by atoms with E-state index in [1.165, 1.54) is 17.7 Å². The van der Waals surface area contributed by atoms with Gasteiger partial charge in [-0.3, -0.25) is 0 Å². The van der Waals surface area contributed by atoms with Gasteiger partial charge in [0.1, 0.15) is 11.6 Å². The van der Waals surface area contributed by atoms with Gasteiger partial charge in [-0.05, 0) is 67.4 Å². The maximum atomic E-state index is 13.2. The Labute approximate surface area is 152 Å². The Morgan fingerprint density at radius 2 is 1.68 bits per heavy atom. The molecule has 0 aliphatic carbocycles. The summed E-state index contributed by atoms with van der Waals surface area (Å²) < 4.78 is 18.8. The van der Waals surface area contributed by atoms with E-state index in [1.807, 2.05) is 48.5 Å². The van der Waals surface area contributed by atoms with Crippen LogP contribution in [0.5, 0.6) is 0 Å². The zero-order chi connectivity index (χ0) is 17.6. The van der Waals surface area contributed by atoms with Gasteiger partial charge in [0.15, 0.2) is 0 Å². The van der Waals surface area contributed by atoms with Crippen LogP contribution >= 0.6 is 11.6 Å². The molecule has 0 unspecified atom stereocenters. The summed E-state index contributed by atoms with van der Waals surface area (Å²) in [4.78, 5) is 0. The highest BCUT2D eigenvalue weighted by Gasteiger charge is 2.17. The van der Waals surface area contributed by atoms with Gasteiger partial charge in [-0.1, -0.05) is 35.9 Å². The summed E-state index contributed by atoms with van der Waals surface area (Å²) in [5.74, 6) is 0.768. The van der Waals surface area contributed by atoms with Crippen molar-refractivity contribution < 1.29 is 8.81 Å². The Balaban J connectivity index is 1.65. The Morgan fingerprint density at radius 3 is 2.32 bits per heavy atom. The molecule has 0 saturated carbocycles. The predicted molar refractivity (Wildman–Crippen MR) is 99.4 cm³/mol. The van der Waals surface area contributed by atoms with Crippen LogP contribution in [-0.2, 0) is 0 Å². The standard InChI is InChI=1S/C21H21ClFNO/c1-15(16-4-8-18(22)9-5-16)24-13-12-20(21-3-2-14-25-21)17-6-10-19(23)11-7-17/h2-11,14-15,20,24H,12-13H2,1H3/t15-,20+/m1/s1. The summed E-state index contributed by atoms with van der Waals surface area (Å²) in [5.41, 5.74) is 2.25. The van der Waals surface area contributed by atoms with Crippen molar-refractivity contribution >= 4 is 11.6 Å². The number of benzene rings is 2. The molecule has 0 aliphatic rings. The Morgan fingerprint density at radius 1 is 1.00 bits per heavy atom. The van der Waals surface area contributed by atoms with Gasteiger partial charge < -0.3 is 9.73 Å². The molecule has 4 heteroatoms. The minimum absolute atomic E-state index is 0.0977. The van der Waals surface area contributed by atoms with Gasteiger partial charge in [-0.15, -0.1) is 0 Å². The second kappa shape index (κ2) is 8.32. The Kier molecular flexibility index (Phi) is 5.90. The van der Waals surface area contributed by atoms with Crippen LogP contribution in [-0.4, -0.2) is 6.54 Å². The molecular formula is C21H21ClFNO. The highest BCUT2D eigenvalue weighted by molar-refractivity contribution is 6.30. The van der Waals surface area contributed by atoms with Crippen LogP contribution in [0.2, 0.25) is 5.02 Å². The molecule has 2 atom stereocenters. The van der Waals surface area contributed by atoms with Crippen LogP contribution in [0.15, 0.2) is 71.3 Å². The maximum Gasteiger partial charge on any atom is 0.123 e. The average molecular weight is 358 g/mol. The topological polar surface area (TPSA) is 25.2 Å². The van der Waals surface area contributed by atoms with E-state index in [1.54, 1.807) is 6.26 Å². The van der Waals surface area contributed by atoms with Gasteiger partial charge in [0.05, 0.1) is 6.26 Å². The summed E-state index contributed by atoms with van der Waals surface area (Å²) in [6, 6.07) is 18.6. The molecule has 3 rings (SSSR count). The van der Waals surface area contributed by atoms with Crippen LogP contribution in [0, 0.1) is 5.82 Å². The van der Waals surface area contributed by atoms with Crippen molar-refractivity contribution in [2.45, 2.75) is 25.3 Å². The van der Waals surface area contributed by atoms with Crippen LogP contribution < -0.4 is 5.32 Å². The van der Waals surface area contributed by atoms with Crippen molar-refractivity contribution in [3.8, 4) is 0 Å². The Hall–Kier alpha value is -2.10. The monoisotopic (exact) mass is 357 g/mol. The molecule has 0 radical (unpaired) electrons. The highest BCUT2D eigenvalue weighted by atomic mass is 35.5. The van der Waals surface area contributed by atoms with E-state index in [0.717, 1.165) is 29.3 Å². The number of nitrogens with one attached hydrogen (secondary N) is 1. The molecular weight excluding hydrogens is 337 g/mol. The van der Waals surface area contributed by atoms with Crippen LogP contribution in [0.25, 0.3) is 0 Å². The van der Waals surface area contributed by atoms with Gasteiger partial charge in [-0.2, -0.15) is 0 Å². The van der Waals surface area contributed by atoms with E-state index in [9.17, 15) is 4.39 Å². The molecule has 3 aromatic rings. The minimum atomic E-state index is -0.226. The molecule has 130 valence electrons. The van der Waals surface area contributed by atoms with Crippen molar-refractivity contribution in [3.63, 3.8) is 0 Å². The molecule has 2 nitrogen and oxygen atoms in total. The van der Waals surface area contributed by atoms with Crippen molar-refractivity contribution in [2.24, 2.45) is 0 Å². The largest absolute Gasteiger partial charge is 0.469 e. The molecule has 25 heavy (non-hydrogen) atoms. The quantitative estimate of drug-likeness (QED) is 0.565. The zero-order valence-electron chi connectivity index (χ0n) is 14.1. The smallest absolute Gasteiger partial charge is 0.123 e. The van der Waals surface area contributed by atoms with Crippen molar-refractivity contribution in [1.29, 1.82) is 0 Å². The molecule has 1 heterocycles. The summed E-state index contributed by atoms with van der Waals surface area (Å²) in [6.07, 6.45) is 2.53. The van der Waals surface area contributed by atoms with E-state index in [-0.39, 0.29) is 17.8 Å². The molecule has 0 bridgehead atoms. The summed E-state index contributed by atoms with van der Waals surface area (Å²) in [7, 11) is 0. The Bertz CT molecular complexity index is 769. The normalized spacial score (nSPS) is 13.6. The van der Waals surface area contributed by atoms with Crippen LogP contribution in [0.1, 0.15) is 42.2 Å². The lowest BCUT2D eigenvalue weighted by atomic mass is 9.93. The molecule has 0 amide bonds. The average Bonchev–Trinajstić information content (AvgIpc) is 3.14. The van der Waals surface area contributed by atoms with E-state index < -0.39 is 0 Å². The highest BCUT2D eigenvalue weighted by Crippen LogP contribution is 2.28. The summed E-state index contributed by atoms with van der Waals surface area (Å²) in [6.45, 7) is 2.94. The third-order valence-corrected chi connectivity index (χ3v) is 4.66. The van der Waals surface area contributed by atoms with Crippen molar-refractivity contribution in [1.82, 2.24) is 5.32 Å². The second-order valence-corrected chi connectivity index (χ2v) is 6.57. The first-order valence-electron chi connectivity index (χ1n) is 8.41. The number of rotatable bonds is 7. The predicted octanol–water partition coefficient (Wildman–Crippen LogP) is 5.94. The maximum absolute atomic E-state index is 13.2. The lowest BCUT2D eigenvalue weighted by molar-refractivity contribution is 0.457.